The summed E-state index contributed by atoms with van der Waals surface area (Å²) in [5.74, 6) is 0.115. The molecule has 0 saturated carbocycles. The topological polar surface area (TPSA) is 39.7 Å². The van der Waals surface area contributed by atoms with Crippen LogP contribution in [-0.4, -0.2) is 59.5 Å². The van der Waals surface area contributed by atoms with Gasteiger partial charge in [0.2, 0.25) is 0 Å². The molecule has 1 amide bonds. The highest BCUT2D eigenvalue weighted by Crippen LogP contribution is 2.37. The van der Waals surface area contributed by atoms with Crippen LogP contribution >= 0.6 is 0 Å². The van der Waals surface area contributed by atoms with Crippen molar-refractivity contribution in [2.24, 2.45) is 0 Å². The van der Waals surface area contributed by atoms with Gasteiger partial charge < -0.3 is 9.80 Å². The third-order valence-electron chi connectivity index (χ3n) is 7.52. The molecule has 0 atom stereocenters. The van der Waals surface area contributed by atoms with Gasteiger partial charge in [-0.3, -0.25) is 9.69 Å². The Morgan fingerprint density at radius 1 is 0.857 bits per heavy atom. The van der Waals surface area contributed by atoms with Gasteiger partial charge in [-0.25, -0.2) is 4.98 Å². The van der Waals surface area contributed by atoms with Crippen molar-refractivity contribution in [3.63, 3.8) is 0 Å². The van der Waals surface area contributed by atoms with E-state index in [1.54, 1.807) is 0 Å². The van der Waals surface area contributed by atoms with Crippen LogP contribution in [0.25, 0.3) is 11.1 Å². The number of alkyl halides is 6. The maximum atomic E-state index is 13.7. The average Bonchev–Trinajstić information content (AvgIpc) is 2.91. The van der Waals surface area contributed by atoms with E-state index in [9.17, 15) is 31.1 Å². The second kappa shape index (κ2) is 11.6. The lowest BCUT2D eigenvalue weighted by Gasteiger charge is -2.42. The second-order valence-corrected chi connectivity index (χ2v) is 11.6. The molecule has 1 aliphatic rings. The van der Waals surface area contributed by atoms with Crippen LogP contribution in [0.4, 0.5) is 32.2 Å². The molecule has 2 heterocycles. The van der Waals surface area contributed by atoms with Gasteiger partial charge in [-0.2, -0.15) is 26.3 Å². The van der Waals surface area contributed by atoms with Gasteiger partial charge in [-0.1, -0.05) is 24.3 Å². The molecule has 11 heteroatoms. The van der Waals surface area contributed by atoms with E-state index < -0.39 is 35.9 Å². The smallest absolute Gasteiger partial charge is 0.354 e. The number of pyridine rings is 1. The number of carbonyl (C=O) groups excluding carboxylic acids is 1. The number of amides is 1. The zero-order valence-corrected chi connectivity index (χ0v) is 24.2. The molecule has 2 aromatic carbocycles. The van der Waals surface area contributed by atoms with Crippen molar-refractivity contribution in [1.29, 1.82) is 0 Å². The highest BCUT2D eigenvalue weighted by Gasteiger charge is 2.37. The maximum Gasteiger partial charge on any atom is 0.416 e. The van der Waals surface area contributed by atoms with Crippen LogP contribution < -0.4 is 4.90 Å². The van der Waals surface area contributed by atoms with Crippen molar-refractivity contribution in [3.05, 3.63) is 82.5 Å². The summed E-state index contributed by atoms with van der Waals surface area (Å²) in [6.45, 7) is 11.1. The fraction of sp³-hybridized carbons (Fsp3) is 0.419. The van der Waals surface area contributed by atoms with Crippen LogP contribution in [0.15, 0.2) is 54.7 Å². The fourth-order valence-electron chi connectivity index (χ4n) is 5.15. The number of piperazine rings is 1. The molecule has 1 aliphatic heterocycles. The molecule has 0 radical (unpaired) electrons. The van der Waals surface area contributed by atoms with E-state index >= 15 is 0 Å². The highest BCUT2D eigenvalue weighted by molar-refractivity contribution is 6.01. The Morgan fingerprint density at radius 2 is 1.43 bits per heavy atom. The molecule has 42 heavy (non-hydrogen) atoms. The van der Waals surface area contributed by atoms with E-state index in [4.69, 9.17) is 0 Å². The standard InChI is InChI=1S/C31H34F6N4O/c1-20-8-6-7-9-24(20)25-17-27(40-10-12-41(13-11-40)29(2,3)4)38-18-26(25)28(42)39(5)19-21-14-22(30(32,33)34)16-23(15-21)31(35,36)37/h6-9,14-18H,10-13,19H2,1-5H3. The zero-order chi connectivity index (χ0) is 31.0. The first-order valence-electron chi connectivity index (χ1n) is 13.5. The highest BCUT2D eigenvalue weighted by atomic mass is 19.4. The van der Waals surface area contributed by atoms with Crippen LogP contribution in [-0.2, 0) is 18.9 Å². The summed E-state index contributed by atoms with van der Waals surface area (Å²) < 4.78 is 80.3. The van der Waals surface area contributed by atoms with Crippen LogP contribution in [0.5, 0.6) is 0 Å². The second-order valence-electron chi connectivity index (χ2n) is 11.6. The quantitative estimate of drug-likeness (QED) is 0.292. The third-order valence-corrected chi connectivity index (χ3v) is 7.52. The Kier molecular flexibility index (Phi) is 8.64. The first-order valence-corrected chi connectivity index (χ1v) is 13.5. The van der Waals surface area contributed by atoms with Gasteiger partial charge in [0.05, 0.1) is 16.7 Å². The van der Waals surface area contributed by atoms with Gasteiger partial charge in [0, 0.05) is 51.5 Å². The maximum absolute atomic E-state index is 13.7. The summed E-state index contributed by atoms with van der Waals surface area (Å²) >= 11 is 0. The lowest BCUT2D eigenvalue weighted by atomic mass is 9.96. The summed E-state index contributed by atoms with van der Waals surface area (Å²) in [4.78, 5) is 23.9. The molecular weight excluding hydrogens is 558 g/mol. The number of aromatic nitrogens is 1. The van der Waals surface area contributed by atoms with Gasteiger partial charge in [0.15, 0.2) is 0 Å². The van der Waals surface area contributed by atoms with Crippen molar-refractivity contribution < 1.29 is 31.1 Å². The molecule has 0 N–H and O–H groups in total. The Labute approximate surface area is 241 Å². The van der Waals surface area contributed by atoms with Gasteiger partial charge in [-0.15, -0.1) is 0 Å². The van der Waals surface area contributed by atoms with E-state index in [0.29, 0.717) is 23.5 Å². The largest absolute Gasteiger partial charge is 0.416 e. The van der Waals surface area contributed by atoms with Gasteiger partial charge in [0.1, 0.15) is 5.82 Å². The minimum atomic E-state index is -4.98. The van der Waals surface area contributed by atoms with E-state index in [0.717, 1.165) is 42.2 Å². The minimum Gasteiger partial charge on any atom is -0.354 e. The number of benzene rings is 2. The predicted octanol–water partition coefficient (Wildman–Crippen LogP) is 7.29. The zero-order valence-electron chi connectivity index (χ0n) is 24.2. The number of carbonyl (C=O) groups is 1. The summed E-state index contributed by atoms with van der Waals surface area (Å²) in [5, 5.41) is 0. The number of hydrogen-bond acceptors (Lipinski definition) is 4. The molecule has 226 valence electrons. The molecule has 1 fully saturated rings. The fourth-order valence-corrected chi connectivity index (χ4v) is 5.15. The summed E-state index contributed by atoms with van der Waals surface area (Å²) in [5.41, 5.74) is -0.626. The van der Waals surface area contributed by atoms with Crippen molar-refractivity contribution in [2.75, 3.05) is 38.1 Å². The summed E-state index contributed by atoms with van der Waals surface area (Å²) in [6.07, 6.45) is -8.51. The van der Waals surface area contributed by atoms with Gasteiger partial charge in [-0.05, 0) is 74.2 Å². The van der Waals surface area contributed by atoms with Crippen molar-refractivity contribution in [1.82, 2.24) is 14.8 Å². The van der Waals surface area contributed by atoms with Crippen LogP contribution in [0.3, 0.4) is 0 Å². The predicted molar refractivity (Wildman–Crippen MR) is 150 cm³/mol. The molecule has 0 spiro atoms. The normalized spacial score (nSPS) is 15.2. The van der Waals surface area contributed by atoms with Gasteiger partial charge in [0.25, 0.3) is 5.91 Å². The lowest BCUT2D eigenvalue weighted by Crippen LogP contribution is -2.53. The number of anilines is 1. The monoisotopic (exact) mass is 592 g/mol. The molecule has 0 aliphatic carbocycles. The SMILES string of the molecule is Cc1ccccc1-c1cc(N2CCN(C(C)(C)C)CC2)ncc1C(=O)N(C)Cc1cc(C(F)(F)F)cc(C(F)(F)F)c1. The molecule has 4 rings (SSSR count). The average molecular weight is 593 g/mol. The third kappa shape index (κ3) is 7.06. The Hall–Kier alpha value is -3.60. The Morgan fingerprint density at radius 3 is 1.95 bits per heavy atom. The molecular formula is C31H34F6N4O. The molecule has 5 nitrogen and oxygen atoms in total. The van der Waals surface area contributed by atoms with Crippen LogP contribution in [0, 0.1) is 6.92 Å². The number of nitrogens with zero attached hydrogens (tertiary/aromatic N) is 4. The Balaban J connectivity index is 1.68. The number of halogens is 6. The molecule has 0 unspecified atom stereocenters. The lowest BCUT2D eigenvalue weighted by molar-refractivity contribution is -0.143. The van der Waals surface area contributed by atoms with E-state index in [2.05, 4.69) is 35.6 Å². The summed E-state index contributed by atoms with van der Waals surface area (Å²) in [6, 6.07) is 10.7. The van der Waals surface area contributed by atoms with Gasteiger partial charge >= 0.3 is 12.4 Å². The number of hydrogen-bond donors (Lipinski definition) is 0. The van der Waals surface area contributed by atoms with Crippen molar-refractivity contribution >= 4 is 11.7 Å². The van der Waals surface area contributed by atoms with Crippen molar-refractivity contribution in [3.8, 4) is 11.1 Å². The van der Waals surface area contributed by atoms with Crippen molar-refractivity contribution in [2.45, 2.75) is 52.1 Å². The van der Waals surface area contributed by atoms with Crippen LogP contribution in [0.2, 0.25) is 0 Å². The minimum absolute atomic E-state index is 0.0349. The van der Waals surface area contributed by atoms with E-state index in [1.807, 2.05) is 37.3 Å². The number of aryl methyl sites for hydroxylation is 1. The molecule has 3 aromatic rings. The van der Waals surface area contributed by atoms with Crippen LogP contribution in [0.1, 0.15) is 53.4 Å². The Bertz CT molecular complexity index is 1400. The first-order chi connectivity index (χ1) is 19.4. The van der Waals surface area contributed by atoms with E-state index in [-0.39, 0.29) is 22.7 Å². The van der Waals surface area contributed by atoms with E-state index in [1.165, 1.54) is 13.2 Å². The number of rotatable bonds is 5. The first kappa shape index (κ1) is 31.3. The summed E-state index contributed by atoms with van der Waals surface area (Å²) in [7, 11) is 1.34. The molecule has 1 aromatic heterocycles. The molecule has 1 saturated heterocycles. The molecule has 0 bridgehead atoms.